The molecule has 2 unspecified atom stereocenters. The van der Waals surface area contributed by atoms with E-state index in [1.807, 2.05) is 13.8 Å². The molecule has 0 bridgehead atoms. The van der Waals surface area contributed by atoms with E-state index in [0.29, 0.717) is 25.6 Å². The second kappa shape index (κ2) is 8.85. The van der Waals surface area contributed by atoms with Crippen molar-refractivity contribution in [3.63, 3.8) is 0 Å². The quantitative estimate of drug-likeness (QED) is 0.633. The maximum Gasteiger partial charge on any atom is 0.221 e. The predicted octanol–water partition coefficient (Wildman–Crippen LogP) is 0.259. The van der Waals surface area contributed by atoms with Crippen LogP contribution in [-0.2, 0) is 15.6 Å². The van der Waals surface area contributed by atoms with Crippen LogP contribution < -0.4 is 10.6 Å². The molecule has 1 amide bonds. The van der Waals surface area contributed by atoms with Gasteiger partial charge in [0.1, 0.15) is 0 Å². The molecule has 0 heterocycles. The second-order valence-corrected chi connectivity index (χ2v) is 5.18. The third kappa shape index (κ3) is 9.87. The van der Waals surface area contributed by atoms with Gasteiger partial charge < -0.3 is 10.6 Å². The highest BCUT2D eigenvalue weighted by molar-refractivity contribution is 7.84. The number of hydrogen-bond acceptors (Lipinski definition) is 3. The number of hydrogen-bond donors (Lipinski definition) is 2. The van der Waals surface area contributed by atoms with Crippen LogP contribution in [0.2, 0.25) is 0 Å². The molecule has 0 aliphatic rings. The van der Waals surface area contributed by atoms with E-state index in [1.54, 1.807) is 6.26 Å². The molecule has 0 saturated carbocycles. The van der Waals surface area contributed by atoms with E-state index in [4.69, 9.17) is 0 Å². The Hall–Kier alpha value is -0.420. The van der Waals surface area contributed by atoms with Gasteiger partial charge in [0.15, 0.2) is 0 Å². The third-order valence-corrected chi connectivity index (χ3v) is 2.87. The van der Waals surface area contributed by atoms with Gasteiger partial charge in [0.2, 0.25) is 5.91 Å². The lowest BCUT2D eigenvalue weighted by Crippen LogP contribution is -2.32. The Balaban J connectivity index is 3.41. The first-order valence-electron chi connectivity index (χ1n) is 5.36. The first-order chi connectivity index (χ1) is 7.06. The Bertz CT molecular complexity index is 210. The van der Waals surface area contributed by atoms with Crippen LogP contribution in [0.25, 0.3) is 0 Å². The molecule has 0 aliphatic heterocycles. The molecule has 2 N–H and O–H groups in total. The summed E-state index contributed by atoms with van der Waals surface area (Å²) in [5.41, 5.74) is 0. The molecule has 15 heavy (non-hydrogen) atoms. The van der Waals surface area contributed by atoms with E-state index in [-0.39, 0.29) is 5.91 Å². The molecule has 5 heteroatoms. The monoisotopic (exact) mass is 234 g/mol. The minimum atomic E-state index is -0.723. The van der Waals surface area contributed by atoms with E-state index in [1.165, 1.54) is 0 Å². The summed E-state index contributed by atoms with van der Waals surface area (Å²) in [7, 11) is -0.723. The van der Waals surface area contributed by atoms with Gasteiger partial charge in [0.25, 0.3) is 0 Å². The lowest BCUT2D eigenvalue weighted by Gasteiger charge is -2.12. The van der Waals surface area contributed by atoms with Crippen molar-refractivity contribution in [3.05, 3.63) is 0 Å². The summed E-state index contributed by atoms with van der Waals surface area (Å²) < 4.78 is 10.8. The average Bonchev–Trinajstić information content (AvgIpc) is 2.15. The van der Waals surface area contributed by atoms with Gasteiger partial charge in [-0.15, -0.1) is 0 Å². The first-order valence-corrected chi connectivity index (χ1v) is 7.09. The molecule has 0 aromatic heterocycles. The van der Waals surface area contributed by atoms with E-state index < -0.39 is 10.8 Å². The maximum absolute atomic E-state index is 11.1. The molecule has 0 aliphatic carbocycles. The van der Waals surface area contributed by atoms with Gasteiger partial charge in [0.05, 0.1) is 0 Å². The zero-order valence-electron chi connectivity index (χ0n) is 9.84. The normalized spacial score (nSPS) is 14.6. The summed E-state index contributed by atoms with van der Waals surface area (Å²) in [6.07, 6.45) is 3.10. The van der Waals surface area contributed by atoms with Crippen molar-refractivity contribution in [3.8, 4) is 0 Å². The highest BCUT2D eigenvalue weighted by Crippen LogP contribution is 1.92. The third-order valence-electron chi connectivity index (χ3n) is 2.06. The van der Waals surface area contributed by atoms with Crippen molar-refractivity contribution >= 4 is 16.7 Å². The average molecular weight is 234 g/mol. The molecule has 0 fully saturated rings. The van der Waals surface area contributed by atoms with Gasteiger partial charge in [-0.1, -0.05) is 0 Å². The van der Waals surface area contributed by atoms with Crippen LogP contribution in [0, 0.1) is 0 Å². The fourth-order valence-electron chi connectivity index (χ4n) is 1.16. The summed E-state index contributed by atoms with van der Waals surface area (Å²) in [4.78, 5) is 11.1. The minimum Gasteiger partial charge on any atom is -0.356 e. The topological polar surface area (TPSA) is 58.2 Å². The van der Waals surface area contributed by atoms with Crippen LogP contribution in [0.5, 0.6) is 0 Å². The minimum absolute atomic E-state index is 0.0799. The van der Waals surface area contributed by atoms with Crippen LogP contribution in [0.4, 0.5) is 0 Å². The fourth-order valence-corrected chi connectivity index (χ4v) is 1.85. The molecule has 0 radical (unpaired) electrons. The van der Waals surface area contributed by atoms with Crippen molar-refractivity contribution in [2.45, 2.75) is 32.7 Å². The molecule has 2 atom stereocenters. The SMILES string of the molecule is CCNC(=O)CCNC(C)CCS(C)=O. The van der Waals surface area contributed by atoms with Gasteiger partial charge in [-0.2, -0.15) is 0 Å². The van der Waals surface area contributed by atoms with Crippen LogP contribution >= 0.6 is 0 Å². The first kappa shape index (κ1) is 14.6. The second-order valence-electron chi connectivity index (χ2n) is 3.62. The molecule has 0 rings (SSSR count). The summed E-state index contributed by atoms with van der Waals surface area (Å²) in [5, 5.41) is 5.97. The van der Waals surface area contributed by atoms with E-state index in [2.05, 4.69) is 10.6 Å². The van der Waals surface area contributed by atoms with Gasteiger partial charge in [-0.25, -0.2) is 0 Å². The standard InChI is InChI=1S/C10H22N2O2S/c1-4-11-10(13)5-7-12-9(2)6-8-15(3)14/h9,12H,4-8H2,1-3H3,(H,11,13). The largest absolute Gasteiger partial charge is 0.356 e. The number of amides is 1. The van der Waals surface area contributed by atoms with Crippen LogP contribution in [0.3, 0.4) is 0 Å². The number of nitrogens with one attached hydrogen (secondary N) is 2. The highest BCUT2D eigenvalue weighted by atomic mass is 32.2. The van der Waals surface area contributed by atoms with Crippen LogP contribution in [-0.4, -0.2) is 41.3 Å². The number of rotatable bonds is 8. The Labute approximate surface area is 94.7 Å². The highest BCUT2D eigenvalue weighted by Gasteiger charge is 2.04. The molecule has 4 nitrogen and oxygen atoms in total. The Morgan fingerprint density at radius 1 is 1.47 bits per heavy atom. The van der Waals surface area contributed by atoms with Crippen LogP contribution in [0.15, 0.2) is 0 Å². The molecular formula is C10H22N2O2S. The summed E-state index contributed by atoms with van der Waals surface area (Å²) >= 11 is 0. The summed E-state index contributed by atoms with van der Waals surface area (Å²) in [6, 6.07) is 0.323. The summed E-state index contributed by atoms with van der Waals surface area (Å²) in [5.74, 6) is 0.797. The lowest BCUT2D eigenvalue weighted by atomic mass is 10.2. The van der Waals surface area contributed by atoms with Gasteiger partial charge in [-0.3, -0.25) is 9.00 Å². The molecule has 0 spiro atoms. The van der Waals surface area contributed by atoms with Crippen molar-refractivity contribution in [1.82, 2.24) is 10.6 Å². The Morgan fingerprint density at radius 3 is 2.67 bits per heavy atom. The molecule has 0 aromatic carbocycles. The smallest absolute Gasteiger partial charge is 0.221 e. The number of carbonyl (C=O) groups is 1. The lowest BCUT2D eigenvalue weighted by molar-refractivity contribution is -0.120. The molecular weight excluding hydrogens is 212 g/mol. The zero-order chi connectivity index (χ0) is 11.7. The molecule has 0 aromatic rings. The van der Waals surface area contributed by atoms with Crippen LogP contribution in [0.1, 0.15) is 26.7 Å². The van der Waals surface area contributed by atoms with Crippen molar-refractivity contribution in [2.24, 2.45) is 0 Å². The maximum atomic E-state index is 11.1. The van der Waals surface area contributed by atoms with Gasteiger partial charge in [0, 0.05) is 48.4 Å². The van der Waals surface area contributed by atoms with Crippen molar-refractivity contribution in [2.75, 3.05) is 25.1 Å². The summed E-state index contributed by atoms with van der Waals surface area (Å²) in [6.45, 7) is 5.32. The van der Waals surface area contributed by atoms with E-state index in [0.717, 1.165) is 12.2 Å². The van der Waals surface area contributed by atoms with Gasteiger partial charge in [-0.05, 0) is 20.3 Å². The number of carbonyl (C=O) groups excluding carboxylic acids is 1. The van der Waals surface area contributed by atoms with E-state index >= 15 is 0 Å². The van der Waals surface area contributed by atoms with Gasteiger partial charge >= 0.3 is 0 Å². The Kier molecular flexibility index (Phi) is 8.61. The molecule has 0 saturated heterocycles. The van der Waals surface area contributed by atoms with Crippen molar-refractivity contribution in [1.29, 1.82) is 0 Å². The predicted molar refractivity (Wildman–Crippen MR) is 64.3 cm³/mol. The molecule has 90 valence electrons. The Morgan fingerprint density at radius 2 is 2.13 bits per heavy atom. The fraction of sp³-hybridized carbons (Fsp3) is 0.900. The van der Waals surface area contributed by atoms with E-state index in [9.17, 15) is 9.00 Å². The van der Waals surface area contributed by atoms with Crippen molar-refractivity contribution < 1.29 is 9.00 Å². The zero-order valence-corrected chi connectivity index (χ0v) is 10.7.